The summed E-state index contributed by atoms with van der Waals surface area (Å²) in [6, 6.07) is 18.4. The Morgan fingerprint density at radius 3 is 2.50 bits per heavy atom. The topological polar surface area (TPSA) is 0 Å². The van der Waals surface area contributed by atoms with Crippen LogP contribution in [0.5, 0.6) is 0 Å². The van der Waals surface area contributed by atoms with Gasteiger partial charge in [0.05, 0.1) is 9.52 Å². The SMILES string of the molecule is Fc1cccc(CC[Si]c2ccccc2)c1. The maximum Gasteiger partial charge on any atom is 0.123 e. The second kappa shape index (κ2) is 5.61. The van der Waals surface area contributed by atoms with Crippen molar-refractivity contribution in [3.05, 3.63) is 66.0 Å². The molecule has 0 unspecified atom stereocenters. The Morgan fingerprint density at radius 1 is 0.938 bits per heavy atom. The Kier molecular flexibility index (Phi) is 3.89. The first-order chi connectivity index (χ1) is 7.84. The summed E-state index contributed by atoms with van der Waals surface area (Å²) in [7, 11) is 0.804. The van der Waals surface area contributed by atoms with Gasteiger partial charge >= 0.3 is 0 Å². The van der Waals surface area contributed by atoms with Gasteiger partial charge in [0.15, 0.2) is 0 Å². The van der Waals surface area contributed by atoms with Crippen molar-refractivity contribution in [1.29, 1.82) is 0 Å². The summed E-state index contributed by atoms with van der Waals surface area (Å²) in [5, 5.41) is 1.37. The minimum Gasteiger partial charge on any atom is -0.207 e. The van der Waals surface area contributed by atoms with Crippen LogP contribution in [0.3, 0.4) is 0 Å². The summed E-state index contributed by atoms with van der Waals surface area (Å²) in [4.78, 5) is 0. The molecule has 0 N–H and O–H groups in total. The number of aryl methyl sites for hydroxylation is 1. The Hall–Kier alpha value is -1.41. The lowest BCUT2D eigenvalue weighted by Crippen LogP contribution is -2.13. The summed E-state index contributed by atoms with van der Waals surface area (Å²) in [6.45, 7) is 0. The van der Waals surface area contributed by atoms with Crippen molar-refractivity contribution in [3.63, 3.8) is 0 Å². The number of halogens is 1. The number of rotatable bonds is 4. The van der Waals surface area contributed by atoms with Gasteiger partial charge in [-0.15, -0.1) is 0 Å². The van der Waals surface area contributed by atoms with Gasteiger partial charge in [-0.3, -0.25) is 0 Å². The molecule has 80 valence electrons. The molecule has 16 heavy (non-hydrogen) atoms. The number of hydrogen-bond donors (Lipinski definition) is 0. The van der Waals surface area contributed by atoms with Crippen molar-refractivity contribution in [2.75, 3.05) is 0 Å². The second-order valence-electron chi connectivity index (χ2n) is 3.67. The summed E-state index contributed by atoms with van der Waals surface area (Å²) in [5.74, 6) is -0.138. The molecular weight excluding hydrogens is 215 g/mol. The zero-order valence-electron chi connectivity index (χ0n) is 8.99. The first-order valence-corrected chi connectivity index (χ1v) is 6.59. The first kappa shape index (κ1) is 11.1. The lowest BCUT2D eigenvalue weighted by Gasteiger charge is -2.01. The molecule has 2 aromatic carbocycles. The molecule has 0 atom stereocenters. The third-order valence-electron chi connectivity index (χ3n) is 2.41. The van der Waals surface area contributed by atoms with Crippen LogP contribution in [0.2, 0.25) is 6.04 Å². The van der Waals surface area contributed by atoms with Crippen LogP contribution in [-0.2, 0) is 6.42 Å². The van der Waals surface area contributed by atoms with E-state index in [4.69, 9.17) is 0 Å². The fraction of sp³-hybridized carbons (Fsp3) is 0.143. The lowest BCUT2D eigenvalue weighted by atomic mass is 10.2. The first-order valence-electron chi connectivity index (χ1n) is 5.38. The van der Waals surface area contributed by atoms with E-state index in [9.17, 15) is 4.39 Å². The van der Waals surface area contributed by atoms with Crippen LogP contribution in [0.15, 0.2) is 54.6 Å². The van der Waals surface area contributed by atoms with Crippen LogP contribution < -0.4 is 5.19 Å². The van der Waals surface area contributed by atoms with Gasteiger partial charge in [0, 0.05) is 0 Å². The standard InChI is InChI=1S/C14H13FSi/c15-13-6-4-5-12(11-13)9-10-16-14-7-2-1-3-8-14/h1-8,11H,9-10H2. The molecule has 2 rings (SSSR count). The molecule has 0 aliphatic carbocycles. The molecule has 0 aliphatic heterocycles. The molecule has 0 saturated carbocycles. The Balaban J connectivity index is 1.85. The minimum absolute atomic E-state index is 0.138. The molecule has 0 aromatic heterocycles. The monoisotopic (exact) mass is 228 g/mol. The van der Waals surface area contributed by atoms with E-state index in [-0.39, 0.29) is 5.82 Å². The van der Waals surface area contributed by atoms with E-state index >= 15 is 0 Å². The van der Waals surface area contributed by atoms with Crippen molar-refractivity contribution in [3.8, 4) is 0 Å². The second-order valence-corrected chi connectivity index (χ2v) is 5.10. The van der Waals surface area contributed by atoms with Crippen LogP contribution in [0.25, 0.3) is 0 Å². The van der Waals surface area contributed by atoms with Gasteiger partial charge in [0.25, 0.3) is 0 Å². The van der Waals surface area contributed by atoms with Crippen LogP contribution in [-0.4, -0.2) is 9.52 Å². The fourth-order valence-corrected chi connectivity index (χ4v) is 2.73. The summed E-state index contributed by atoms with van der Waals surface area (Å²) < 4.78 is 12.9. The van der Waals surface area contributed by atoms with Crippen LogP contribution in [0, 0.1) is 5.82 Å². The van der Waals surface area contributed by atoms with Crippen molar-refractivity contribution in [2.45, 2.75) is 12.5 Å². The summed E-state index contributed by atoms with van der Waals surface area (Å²) in [6.07, 6.45) is 0.950. The van der Waals surface area contributed by atoms with E-state index in [1.807, 2.05) is 12.1 Å². The van der Waals surface area contributed by atoms with E-state index < -0.39 is 0 Å². The van der Waals surface area contributed by atoms with E-state index in [0.717, 1.165) is 27.5 Å². The van der Waals surface area contributed by atoms with Crippen molar-refractivity contribution < 1.29 is 4.39 Å². The van der Waals surface area contributed by atoms with Crippen LogP contribution >= 0.6 is 0 Å². The normalized spacial score (nSPS) is 10.3. The highest BCUT2D eigenvalue weighted by Crippen LogP contribution is 2.05. The van der Waals surface area contributed by atoms with Crippen molar-refractivity contribution in [1.82, 2.24) is 0 Å². The smallest absolute Gasteiger partial charge is 0.123 e. The Bertz CT molecular complexity index is 439. The van der Waals surface area contributed by atoms with Crippen molar-refractivity contribution >= 4 is 14.7 Å². The molecule has 0 nitrogen and oxygen atoms in total. The van der Waals surface area contributed by atoms with E-state index in [1.165, 1.54) is 11.3 Å². The highest BCUT2D eigenvalue weighted by molar-refractivity contribution is 6.53. The van der Waals surface area contributed by atoms with Crippen LogP contribution in [0.1, 0.15) is 5.56 Å². The maximum atomic E-state index is 12.9. The van der Waals surface area contributed by atoms with Gasteiger partial charge in [-0.2, -0.15) is 0 Å². The van der Waals surface area contributed by atoms with Gasteiger partial charge in [0.2, 0.25) is 0 Å². The molecule has 0 aliphatic rings. The number of hydrogen-bond acceptors (Lipinski definition) is 0. The number of benzene rings is 2. The molecule has 2 radical (unpaired) electrons. The molecule has 0 bridgehead atoms. The van der Waals surface area contributed by atoms with E-state index in [2.05, 4.69) is 24.3 Å². The largest absolute Gasteiger partial charge is 0.207 e. The van der Waals surface area contributed by atoms with Gasteiger partial charge in [-0.25, -0.2) is 4.39 Å². The average Bonchev–Trinajstić information content (AvgIpc) is 2.30. The van der Waals surface area contributed by atoms with Gasteiger partial charge in [-0.1, -0.05) is 53.7 Å². The zero-order chi connectivity index (χ0) is 11.2. The van der Waals surface area contributed by atoms with Gasteiger partial charge in [-0.05, 0) is 24.1 Å². The third-order valence-corrected chi connectivity index (χ3v) is 3.65. The molecular formula is C14H13FSi. The molecule has 2 aromatic rings. The zero-order valence-corrected chi connectivity index (χ0v) is 9.99. The van der Waals surface area contributed by atoms with Crippen LogP contribution in [0.4, 0.5) is 4.39 Å². The van der Waals surface area contributed by atoms with Crippen molar-refractivity contribution in [2.24, 2.45) is 0 Å². The maximum absolute atomic E-state index is 12.9. The van der Waals surface area contributed by atoms with E-state index in [1.54, 1.807) is 12.1 Å². The highest BCUT2D eigenvalue weighted by Gasteiger charge is 1.97. The fourth-order valence-electron chi connectivity index (χ4n) is 1.60. The van der Waals surface area contributed by atoms with Gasteiger partial charge in [0.1, 0.15) is 5.82 Å². The molecule has 0 fully saturated rings. The molecule has 0 amide bonds. The highest BCUT2D eigenvalue weighted by atomic mass is 28.2. The summed E-state index contributed by atoms with van der Waals surface area (Å²) >= 11 is 0. The third kappa shape index (κ3) is 3.31. The van der Waals surface area contributed by atoms with Gasteiger partial charge < -0.3 is 0 Å². The Labute approximate surface area is 98.0 Å². The molecule has 0 heterocycles. The molecule has 0 saturated heterocycles. The molecule has 2 heteroatoms. The average molecular weight is 228 g/mol. The predicted molar refractivity (Wildman–Crippen MR) is 66.7 cm³/mol. The lowest BCUT2D eigenvalue weighted by molar-refractivity contribution is 0.625. The molecule has 0 spiro atoms. The summed E-state index contributed by atoms with van der Waals surface area (Å²) in [5.41, 5.74) is 1.09. The quantitative estimate of drug-likeness (QED) is 0.706. The Morgan fingerprint density at radius 2 is 1.75 bits per heavy atom. The van der Waals surface area contributed by atoms with E-state index in [0.29, 0.717) is 0 Å². The minimum atomic E-state index is -0.138. The predicted octanol–water partition coefficient (Wildman–Crippen LogP) is 2.82.